The van der Waals surface area contributed by atoms with Gasteiger partial charge < -0.3 is 4.70 Å². The molecule has 0 heterocycles. The predicted molar refractivity (Wildman–Crippen MR) is 67.6 cm³/mol. The summed E-state index contributed by atoms with van der Waals surface area (Å²) < 4.78 is 0. The van der Waals surface area contributed by atoms with Crippen LogP contribution >= 0.6 is 7.26 Å². The van der Waals surface area contributed by atoms with Crippen molar-refractivity contribution >= 4 is 7.26 Å². The van der Waals surface area contributed by atoms with Gasteiger partial charge in [0.25, 0.3) is 0 Å². The Hall–Kier alpha value is 0.360. The predicted octanol–water partition coefficient (Wildman–Crippen LogP) is 1.65. The molecular weight excluding hydrogens is 194 g/mol. The van der Waals surface area contributed by atoms with Crippen molar-refractivity contribution in [2.45, 2.75) is 53.4 Å². The minimum atomic E-state index is -0.496. The molecule has 0 radical (unpaired) electrons. The molecule has 0 aliphatic heterocycles. The molecule has 0 atom stereocenters. The van der Waals surface area contributed by atoms with E-state index in [-0.39, 0.29) is 4.70 Å². The quantitative estimate of drug-likeness (QED) is 0.548. The van der Waals surface area contributed by atoms with E-state index in [2.05, 4.69) is 27.7 Å². The van der Waals surface area contributed by atoms with Gasteiger partial charge in [0.15, 0.2) is 0 Å². The molecule has 0 aliphatic rings. The van der Waals surface area contributed by atoms with Crippen molar-refractivity contribution in [1.29, 1.82) is 0 Å². The highest BCUT2D eigenvalue weighted by atomic mass is 31.2. The van der Waals surface area contributed by atoms with E-state index in [1.165, 1.54) is 25.7 Å². The summed E-state index contributed by atoms with van der Waals surface area (Å²) in [6.45, 7) is 9.43. The number of hydrogen-bond acceptors (Lipinski definition) is 0. The molecule has 0 saturated heterocycles. The van der Waals surface area contributed by atoms with Gasteiger partial charge in [-0.25, -0.2) is 0 Å². The van der Waals surface area contributed by atoms with Crippen LogP contribution in [0.4, 0.5) is 0 Å². The Morgan fingerprint density at radius 2 is 0.786 bits per heavy atom. The zero-order valence-electron chi connectivity index (χ0n) is 10.5. The first-order chi connectivity index (χ1) is 6.24. The molecule has 0 aromatic heterocycles. The van der Waals surface area contributed by atoms with Crippen LogP contribution in [0, 0.1) is 0 Å². The monoisotopic (exact) mass is 222 g/mol. The van der Waals surface area contributed by atoms with Crippen LogP contribution < -0.4 is 4.70 Å². The van der Waals surface area contributed by atoms with Crippen molar-refractivity contribution in [2.75, 3.05) is 24.6 Å². The molecule has 0 N–H and O–H groups in total. The van der Waals surface area contributed by atoms with E-state index in [0.29, 0.717) is 0 Å². The molecule has 0 aromatic carbocycles. The standard InChI is InChI=1S/C12H28P.FH/c1-5-9-13(10-6-2,11-7-3)12-8-4;/h5-12H2,1-4H3;1H/q+1;/p-1. The first-order valence-electron chi connectivity index (χ1n) is 6.09. The van der Waals surface area contributed by atoms with Crippen LogP contribution in [0.5, 0.6) is 0 Å². The highest BCUT2D eigenvalue weighted by Gasteiger charge is 2.32. The summed E-state index contributed by atoms with van der Waals surface area (Å²) in [5, 5.41) is 0. The van der Waals surface area contributed by atoms with Gasteiger partial charge in [-0.05, 0) is 25.7 Å². The highest BCUT2D eigenvalue weighted by Crippen LogP contribution is 2.60. The van der Waals surface area contributed by atoms with Crippen LogP contribution in [-0.2, 0) is 0 Å². The van der Waals surface area contributed by atoms with Crippen molar-refractivity contribution in [3.63, 3.8) is 0 Å². The number of hydrogen-bond donors (Lipinski definition) is 0. The smallest absolute Gasteiger partial charge is 0.0591 e. The maximum atomic E-state index is 2.36. The van der Waals surface area contributed by atoms with Crippen molar-refractivity contribution in [3.8, 4) is 0 Å². The molecule has 0 nitrogen and oxygen atoms in total. The summed E-state index contributed by atoms with van der Waals surface area (Å²) in [7, 11) is -0.496. The van der Waals surface area contributed by atoms with Crippen LogP contribution in [0.3, 0.4) is 0 Å². The Morgan fingerprint density at radius 1 is 0.571 bits per heavy atom. The summed E-state index contributed by atoms with van der Waals surface area (Å²) in [4.78, 5) is 0. The Kier molecular flexibility index (Phi) is 11.9. The van der Waals surface area contributed by atoms with Crippen molar-refractivity contribution < 1.29 is 4.70 Å². The van der Waals surface area contributed by atoms with Gasteiger partial charge in [0.05, 0.1) is 24.6 Å². The maximum Gasteiger partial charge on any atom is 0.0591 e. The fourth-order valence-electron chi connectivity index (χ4n) is 2.57. The Bertz CT molecular complexity index is 85.4. The normalized spacial score (nSPS) is 11.1. The van der Waals surface area contributed by atoms with Gasteiger partial charge in [-0.15, -0.1) is 0 Å². The fourth-order valence-corrected chi connectivity index (χ4v) is 7.70. The molecule has 0 rings (SSSR count). The third kappa shape index (κ3) is 5.96. The molecule has 0 fully saturated rings. The summed E-state index contributed by atoms with van der Waals surface area (Å²) in [6.07, 6.45) is 11.9. The van der Waals surface area contributed by atoms with Crippen LogP contribution in [0.15, 0.2) is 0 Å². The summed E-state index contributed by atoms with van der Waals surface area (Å²) in [5.41, 5.74) is 0. The fraction of sp³-hybridized carbons (Fsp3) is 1.00. The van der Waals surface area contributed by atoms with Crippen LogP contribution in [0.2, 0.25) is 0 Å². The van der Waals surface area contributed by atoms with E-state index in [0.717, 1.165) is 0 Å². The van der Waals surface area contributed by atoms with Gasteiger partial charge in [-0.3, -0.25) is 0 Å². The van der Waals surface area contributed by atoms with Crippen LogP contribution in [0.25, 0.3) is 0 Å². The van der Waals surface area contributed by atoms with Crippen molar-refractivity contribution in [2.24, 2.45) is 0 Å². The van der Waals surface area contributed by atoms with E-state index in [4.69, 9.17) is 0 Å². The van der Waals surface area contributed by atoms with E-state index in [1.54, 1.807) is 24.6 Å². The number of rotatable bonds is 8. The number of halogens is 1. The Balaban J connectivity index is 0. The maximum absolute atomic E-state index is 2.36. The van der Waals surface area contributed by atoms with E-state index >= 15 is 0 Å². The van der Waals surface area contributed by atoms with Crippen molar-refractivity contribution in [3.05, 3.63) is 0 Å². The second-order valence-electron chi connectivity index (χ2n) is 4.24. The second kappa shape index (κ2) is 9.90. The largest absolute Gasteiger partial charge is 1.00 e. The molecule has 14 heavy (non-hydrogen) atoms. The lowest BCUT2D eigenvalue weighted by molar-refractivity contribution is -0.00000318. The Labute approximate surface area is 90.6 Å². The lowest BCUT2D eigenvalue weighted by Crippen LogP contribution is -3.00. The topological polar surface area (TPSA) is 0 Å². The van der Waals surface area contributed by atoms with Crippen LogP contribution in [0.1, 0.15) is 53.4 Å². The molecule has 0 saturated carbocycles. The summed E-state index contributed by atoms with van der Waals surface area (Å²) in [6, 6.07) is 0. The zero-order valence-corrected chi connectivity index (χ0v) is 11.4. The molecule has 88 valence electrons. The molecule has 0 amide bonds. The molecule has 0 aliphatic carbocycles. The van der Waals surface area contributed by atoms with Gasteiger partial charge in [-0.1, -0.05) is 27.7 Å². The van der Waals surface area contributed by atoms with E-state index < -0.39 is 7.26 Å². The second-order valence-corrected chi connectivity index (χ2v) is 8.71. The first kappa shape index (κ1) is 16.8. The average molecular weight is 222 g/mol. The molecule has 2 heteroatoms. The molecule has 0 spiro atoms. The van der Waals surface area contributed by atoms with Gasteiger partial charge >= 0.3 is 0 Å². The third-order valence-corrected chi connectivity index (χ3v) is 8.38. The SMILES string of the molecule is CCC[P+](CCC)(CCC)CCC.[F-]. The summed E-state index contributed by atoms with van der Waals surface area (Å²) >= 11 is 0. The average Bonchev–Trinajstić information content (AvgIpc) is 2.06. The molecule has 0 aromatic rings. The van der Waals surface area contributed by atoms with Gasteiger partial charge in [0.2, 0.25) is 0 Å². The molecule has 0 bridgehead atoms. The van der Waals surface area contributed by atoms with Gasteiger partial charge in [0, 0.05) is 7.26 Å². The van der Waals surface area contributed by atoms with E-state index in [9.17, 15) is 0 Å². The van der Waals surface area contributed by atoms with E-state index in [1.807, 2.05) is 0 Å². The van der Waals surface area contributed by atoms with Crippen molar-refractivity contribution in [1.82, 2.24) is 0 Å². The third-order valence-electron chi connectivity index (χ3n) is 2.79. The van der Waals surface area contributed by atoms with Gasteiger partial charge in [-0.2, -0.15) is 0 Å². The molecule has 0 unspecified atom stereocenters. The minimum absolute atomic E-state index is 0. The highest BCUT2D eigenvalue weighted by molar-refractivity contribution is 7.75. The summed E-state index contributed by atoms with van der Waals surface area (Å²) in [5.74, 6) is 0. The first-order valence-corrected chi connectivity index (χ1v) is 8.62. The zero-order chi connectivity index (χ0) is 10.2. The minimum Gasteiger partial charge on any atom is -1.00 e. The van der Waals surface area contributed by atoms with Gasteiger partial charge in [0.1, 0.15) is 0 Å². The molecular formula is C12H28FP. The lowest BCUT2D eigenvalue weighted by atomic mass is 10.5. The van der Waals surface area contributed by atoms with Crippen LogP contribution in [-0.4, -0.2) is 24.6 Å². The lowest BCUT2D eigenvalue weighted by Gasteiger charge is -2.26. The Morgan fingerprint density at radius 3 is 0.929 bits per heavy atom.